The second kappa shape index (κ2) is 6.24. The molecule has 0 unspecified atom stereocenters. The number of hydrogen-bond acceptors (Lipinski definition) is 2. The average Bonchev–Trinajstić information content (AvgIpc) is 2.80. The summed E-state index contributed by atoms with van der Waals surface area (Å²) in [5.74, 6) is 0.853. The Morgan fingerprint density at radius 3 is 2.38 bits per heavy atom. The largest absolute Gasteiger partial charge is 0.354 e. The van der Waals surface area contributed by atoms with Gasteiger partial charge in [-0.1, -0.05) is 39.5 Å². The number of hydrogen-bond donors (Lipinski definition) is 2. The van der Waals surface area contributed by atoms with Crippen molar-refractivity contribution < 1.29 is 4.79 Å². The van der Waals surface area contributed by atoms with Crippen molar-refractivity contribution in [1.29, 1.82) is 0 Å². The van der Waals surface area contributed by atoms with Gasteiger partial charge in [0.25, 0.3) is 0 Å². The van der Waals surface area contributed by atoms with Gasteiger partial charge in [-0.25, -0.2) is 0 Å². The lowest BCUT2D eigenvalue weighted by atomic mass is 9.93. The molecule has 3 nitrogen and oxygen atoms in total. The Balaban J connectivity index is 2.23. The minimum atomic E-state index is -0.657. The number of carbonyl (C=O) groups is 1. The molecule has 0 aliphatic heterocycles. The van der Waals surface area contributed by atoms with E-state index in [2.05, 4.69) is 5.32 Å². The fraction of sp³-hybridized carbons (Fsp3) is 0.923. The fourth-order valence-corrected chi connectivity index (χ4v) is 2.44. The highest BCUT2D eigenvalue weighted by atomic mass is 16.2. The van der Waals surface area contributed by atoms with Crippen LogP contribution in [0.4, 0.5) is 0 Å². The standard InChI is InChI=1S/C13H26N2O/c1-3-13(14,4-2)12(16)15-10-9-11-7-5-6-8-11/h11H,3-10,14H2,1-2H3,(H,15,16). The van der Waals surface area contributed by atoms with Crippen LogP contribution in [-0.2, 0) is 4.79 Å². The Bertz CT molecular complexity index is 218. The molecule has 0 bridgehead atoms. The lowest BCUT2D eigenvalue weighted by Crippen LogP contribution is -2.53. The van der Waals surface area contributed by atoms with E-state index in [1.807, 2.05) is 13.8 Å². The first-order chi connectivity index (χ1) is 7.62. The van der Waals surface area contributed by atoms with Gasteiger partial charge in [0, 0.05) is 6.54 Å². The van der Waals surface area contributed by atoms with Gasteiger partial charge in [-0.2, -0.15) is 0 Å². The number of carbonyl (C=O) groups excluding carboxylic acids is 1. The Labute approximate surface area is 99.2 Å². The molecule has 0 saturated heterocycles. The van der Waals surface area contributed by atoms with E-state index in [9.17, 15) is 4.79 Å². The lowest BCUT2D eigenvalue weighted by molar-refractivity contribution is -0.126. The SMILES string of the molecule is CCC(N)(CC)C(=O)NCCC1CCCC1. The van der Waals surface area contributed by atoms with Gasteiger partial charge in [-0.3, -0.25) is 4.79 Å². The predicted molar refractivity (Wildman–Crippen MR) is 67.1 cm³/mol. The first kappa shape index (κ1) is 13.5. The molecule has 3 heteroatoms. The van der Waals surface area contributed by atoms with Gasteiger partial charge >= 0.3 is 0 Å². The van der Waals surface area contributed by atoms with Crippen molar-refractivity contribution in [3.63, 3.8) is 0 Å². The zero-order chi connectivity index (χ0) is 12.0. The molecule has 94 valence electrons. The van der Waals surface area contributed by atoms with Crippen LogP contribution in [0.1, 0.15) is 58.8 Å². The van der Waals surface area contributed by atoms with Gasteiger partial charge in [0.1, 0.15) is 0 Å². The maximum atomic E-state index is 11.9. The van der Waals surface area contributed by atoms with Crippen LogP contribution < -0.4 is 11.1 Å². The molecular formula is C13H26N2O. The normalized spacial score (nSPS) is 17.7. The van der Waals surface area contributed by atoms with Crippen LogP contribution in [0.25, 0.3) is 0 Å². The molecule has 0 aromatic rings. The van der Waals surface area contributed by atoms with Crippen LogP contribution in [0.15, 0.2) is 0 Å². The summed E-state index contributed by atoms with van der Waals surface area (Å²) in [4.78, 5) is 11.9. The zero-order valence-corrected chi connectivity index (χ0v) is 10.7. The van der Waals surface area contributed by atoms with E-state index in [0.717, 1.165) is 18.9 Å². The molecule has 1 rings (SSSR count). The summed E-state index contributed by atoms with van der Waals surface area (Å²) in [5, 5.41) is 2.99. The zero-order valence-electron chi connectivity index (χ0n) is 10.7. The summed E-state index contributed by atoms with van der Waals surface area (Å²) in [5.41, 5.74) is 5.37. The van der Waals surface area contributed by atoms with Gasteiger partial charge in [-0.15, -0.1) is 0 Å². The maximum Gasteiger partial charge on any atom is 0.240 e. The summed E-state index contributed by atoms with van der Waals surface area (Å²) in [6.45, 7) is 4.74. The van der Waals surface area contributed by atoms with Crippen molar-refractivity contribution in [3.8, 4) is 0 Å². The molecule has 0 aromatic heterocycles. The monoisotopic (exact) mass is 226 g/mol. The molecule has 0 spiro atoms. The van der Waals surface area contributed by atoms with Crippen molar-refractivity contribution in [2.75, 3.05) is 6.54 Å². The van der Waals surface area contributed by atoms with E-state index in [1.165, 1.54) is 25.7 Å². The first-order valence-electron chi connectivity index (χ1n) is 6.69. The molecule has 0 aromatic carbocycles. The third kappa shape index (κ3) is 3.48. The van der Waals surface area contributed by atoms with E-state index in [4.69, 9.17) is 5.73 Å². The van der Waals surface area contributed by atoms with Crippen molar-refractivity contribution >= 4 is 5.91 Å². The van der Waals surface area contributed by atoms with Gasteiger partial charge in [0.2, 0.25) is 5.91 Å². The van der Waals surface area contributed by atoms with Crippen molar-refractivity contribution in [2.24, 2.45) is 11.7 Å². The molecule has 1 saturated carbocycles. The molecule has 0 atom stereocenters. The Morgan fingerprint density at radius 1 is 1.31 bits per heavy atom. The number of rotatable bonds is 6. The number of nitrogens with one attached hydrogen (secondary N) is 1. The quantitative estimate of drug-likeness (QED) is 0.729. The van der Waals surface area contributed by atoms with Crippen LogP contribution in [-0.4, -0.2) is 18.0 Å². The minimum absolute atomic E-state index is 0.0236. The van der Waals surface area contributed by atoms with Gasteiger partial charge in [0.05, 0.1) is 5.54 Å². The van der Waals surface area contributed by atoms with Crippen molar-refractivity contribution in [1.82, 2.24) is 5.32 Å². The van der Waals surface area contributed by atoms with Crippen LogP contribution >= 0.6 is 0 Å². The van der Waals surface area contributed by atoms with E-state index < -0.39 is 5.54 Å². The fourth-order valence-electron chi connectivity index (χ4n) is 2.44. The van der Waals surface area contributed by atoms with Gasteiger partial charge in [0.15, 0.2) is 0 Å². The Kier molecular flexibility index (Phi) is 5.26. The molecule has 1 aliphatic rings. The Hall–Kier alpha value is -0.570. The minimum Gasteiger partial charge on any atom is -0.354 e. The third-order valence-corrected chi connectivity index (χ3v) is 4.03. The molecule has 16 heavy (non-hydrogen) atoms. The highest BCUT2D eigenvalue weighted by Crippen LogP contribution is 2.26. The molecular weight excluding hydrogens is 200 g/mol. The lowest BCUT2D eigenvalue weighted by Gasteiger charge is -2.25. The Morgan fingerprint density at radius 2 is 1.88 bits per heavy atom. The average molecular weight is 226 g/mol. The summed E-state index contributed by atoms with van der Waals surface area (Å²) >= 11 is 0. The van der Waals surface area contributed by atoms with E-state index in [-0.39, 0.29) is 5.91 Å². The van der Waals surface area contributed by atoms with Crippen LogP contribution in [0.5, 0.6) is 0 Å². The van der Waals surface area contributed by atoms with E-state index in [0.29, 0.717) is 12.8 Å². The highest BCUT2D eigenvalue weighted by Gasteiger charge is 2.29. The topological polar surface area (TPSA) is 55.1 Å². The first-order valence-corrected chi connectivity index (χ1v) is 6.69. The van der Waals surface area contributed by atoms with Crippen LogP contribution in [0.3, 0.4) is 0 Å². The van der Waals surface area contributed by atoms with E-state index in [1.54, 1.807) is 0 Å². The van der Waals surface area contributed by atoms with E-state index >= 15 is 0 Å². The van der Waals surface area contributed by atoms with Crippen molar-refractivity contribution in [2.45, 2.75) is 64.3 Å². The number of nitrogens with two attached hydrogens (primary N) is 1. The van der Waals surface area contributed by atoms with Crippen LogP contribution in [0, 0.1) is 5.92 Å². The summed E-state index contributed by atoms with van der Waals surface area (Å²) in [7, 11) is 0. The molecule has 0 heterocycles. The highest BCUT2D eigenvalue weighted by molar-refractivity contribution is 5.85. The van der Waals surface area contributed by atoms with Gasteiger partial charge in [-0.05, 0) is 25.2 Å². The molecule has 3 N–H and O–H groups in total. The maximum absolute atomic E-state index is 11.9. The molecule has 1 aliphatic carbocycles. The second-order valence-corrected chi connectivity index (χ2v) is 5.06. The number of amides is 1. The summed E-state index contributed by atoms with van der Waals surface area (Å²) in [6.07, 6.45) is 7.94. The molecule has 1 amide bonds. The second-order valence-electron chi connectivity index (χ2n) is 5.06. The van der Waals surface area contributed by atoms with Gasteiger partial charge < -0.3 is 11.1 Å². The summed E-state index contributed by atoms with van der Waals surface area (Å²) < 4.78 is 0. The van der Waals surface area contributed by atoms with Crippen molar-refractivity contribution in [3.05, 3.63) is 0 Å². The van der Waals surface area contributed by atoms with Crippen LogP contribution in [0.2, 0.25) is 0 Å². The molecule has 1 fully saturated rings. The summed E-state index contributed by atoms with van der Waals surface area (Å²) in [6, 6.07) is 0. The third-order valence-electron chi connectivity index (χ3n) is 4.03. The predicted octanol–water partition coefficient (Wildman–Crippen LogP) is 2.20. The smallest absolute Gasteiger partial charge is 0.240 e. The molecule has 0 radical (unpaired) electrons.